The van der Waals surface area contributed by atoms with Crippen LogP contribution in [0.4, 0.5) is 0 Å². The minimum absolute atomic E-state index is 0.348. The van der Waals surface area contributed by atoms with Gasteiger partial charge in [0.2, 0.25) is 0 Å². The molecule has 0 spiro atoms. The topological polar surface area (TPSA) is 44.8 Å². The van der Waals surface area contributed by atoms with Crippen LogP contribution in [-0.2, 0) is 4.74 Å². The molecule has 0 fully saturated rings. The molecule has 1 aromatic carbocycles. The van der Waals surface area contributed by atoms with Gasteiger partial charge in [0, 0.05) is 0 Å². The Hall–Kier alpha value is -1.65. The molecule has 0 saturated heterocycles. The summed E-state index contributed by atoms with van der Waals surface area (Å²) in [6.07, 6.45) is 0. The molecule has 5 heteroatoms. The van der Waals surface area contributed by atoms with Gasteiger partial charge in [-0.1, -0.05) is 0 Å². The van der Waals surface area contributed by atoms with Crippen molar-refractivity contribution in [1.82, 2.24) is 0 Å². The van der Waals surface area contributed by atoms with E-state index in [2.05, 4.69) is 0 Å². The van der Waals surface area contributed by atoms with E-state index in [1.54, 1.807) is 19.1 Å². The van der Waals surface area contributed by atoms with Crippen molar-refractivity contribution >= 4 is 19.3 Å². The number of ether oxygens (including phenoxy) is 3. The lowest BCUT2D eigenvalue weighted by Gasteiger charge is -2.14. The Bertz CT molecular complexity index is 390. The van der Waals surface area contributed by atoms with Crippen LogP contribution in [0, 0.1) is 0 Å². The lowest BCUT2D eigenvalue weighted by atomic mass is 9.92. The Kier molecular flexibility index (Phi) is 5.56. The van der Waals surface area contributed by atoms with E-state index < -0.39 is 0 Å². The van der Waals surface area contributed by atoms with Crippen molar-refractivity contribution in [3.05, 3.63) is 17.7 Å². The highest BCUT2D eigenvalue weighted by Crippen LogP contribution is 2.20. The summed E-state index contributed by atoms with van der Waals surface area (Å²) in [5, 5.41) is 0. The van der Waals surface area contributed by atoms with Crippen LogP contribution in [0.5, 0.6) is 11.5 Å². The summed E-state index contributed by atoms with van der Waals surface area (Å²) in [6, 6.07) is 3.39. The smallest absolute Gasteiger partial charge is 0.338 e. The highest BCUT2D eigenvalue weighted by Gasteiger charge is 2.14. The first-order valence-electron chi connectivity index (χ1n) is 6.21. The van der Waals surface area contributed by atoms with Crippen LogP contribution in [-0.4, -0.2) is 33.6 Å². The van der Waals surface area contributed by atoms with Gasteiger partial charge in [0.1, 0.15) is 19.3 Å². The molecular weight excluding hydrogens is 231 g/mol. The second kappa shape index (κ2) is 6.94. The third-order valence-corrected chi connectivity index (χ3v) is 2.42. The first-order valence-corrected chi connectivity index (χ1v) is 6.21. The third kappa shape index (κ3) is 3.42. The van der Waals surface area contributed by atoms with Gasteiger partial charge < -0.3 is 14.2 Å². The Morgan fingerprint density at radius 3 is 1.94 bits per heavy atom. The predicted molar refractivity (Wildman–Crippen MR) is 72.9 cm³/mol. The molecule has 0 aromatic heterocycles. The van der Waals surface area contributed by atoms with Gasteiger partial charge in [0.05, 0.1) is 25.4 Å². The average Bonchev–Trinajstić information content (AvgIpc) is 2.34. The fourth-order valence-corrected chi connectivity index (χ4v) is 1.61. The number of rotatable bonds is 6. The molecule has 0 saturated carbocycles. The highest BCUT2D eigenvalue weighted by molar-refractivity contribution is 6.36. The molecule has 0 amide bonds. The predicted octanol–water partition coefficient (Wildman–Crippen LogP) is 0.919. The average molecular weight is 250 g/mol. The maximum atomic E-state index is 11.7. The summed E-state index contributed by atoms with van der Waals surface area (Å²) in [5.74, 6) is 0.956. The lowest BCUT2D eigenvalue weighted by molar-refractivity contribution is 0.0525. The molecule has 98 valence electrons. The van der Waals surface area contributed by atoms with Crippen LogP contribution in [0.15, 0.2) is 12.1 Å². The number of carbonyl (C=O) groups excluding carboxylic acids is 1. The first-order chi connectivity index (χ1) is 8.63. The molecule has 0 aliphatic heterocycles. The molecule has 0 aliphatic rings. The molecule has 0 unspecified atom stereocenters. The van der Waals surface area contributed by atoms with Gasteiger partial charge in [-0.15, -0.1) is 0 Å². The molecule has 4 nitrogen and oxygen atoms in total. The SMILES string of the molecule is Bc1c(OCC)cc(C(=O)OCC)cc1OCC. The maximum absolute atomic E-state index is 11.7. The van der Waals surface area contributed by atoms with Gasteiger partial charge in [-0.2, -0.15) is 0 Å². The Morgan fingerprint density at radius 2 is 1.56 bits per heavy atom. The fourth-order valence-electron chi connectivity index (χ4n) is 1.61. The van der Waals surface area contributed by atoms with Crippen molar-refractivity contribution in [3.8, 4) is 11.5 Å². The van der Waals surface area contributed by atoms with Crippen LogP contribution < -0.4 is 14.9 Å². The maximum Gasteiger partial charge on any atom is 0.338 e. The quantitative estimate of drug-likeness (QED) is 0.556. The van der Waals surface area contributed by atoms with Crippen LogP contribution >= 0.6 is 0 Å². The first kappa shape index (κ1) is 14.4. The van der Waals surface area contributed by atoms with E-state index in [0.717, 1.165) is 5.46 Å². The van der Waals surface area contributed by atoms with Gasteiger partial charge in [-0.3, -0.25) is 0 Å². The molecule has 0 N–H and O–H groups in total. The van der Waals surface area contributed by atoms with Crippen LogP contribution in [0.3, 0.4) is 0 Å². The number of carbonyl (C=O) groups is 1. The molecule has 18 heavy (non-hydrogen) atoms. The Labute approximate surface area is 109 Å². The fraction of sp³-hybridized carbons (Fsp3) is 0.462. The van der Waals surface area contributed by atoms with E-state index in [9.17, 15) is 4.79 Å². The van der Waals surface area contributed by atoms with Crippen molar-refractivity contribution in [1.29, 1.82) is 0 Å². The highest BCUT2D eigenvalue weighted by atomic mass is 16.5. The third-order valence-electron chi connectivity index (χ3n) is 2.42. The minimum Gasteiger partial charge on any atom is -0.494 e. The summed E-state index contributed by atoms with van der Waals surface area (Å²) in [5.41, 5.74) is 1.35. The van der Waals surface area contributed by atoms with Gasteiger partial charge in [-0.05, 0) is 38.4 Å². The van der Waals surface area contributed by atoms with Crippen molar-refractivity contribution in [2.75, 3.05) is 19.8 Å². The van der Waals surface area contributed by atoms with E-state index in [4.69, 9.17) is 14.2 Å². The monoisotopic (exact) mass is 250 g/mol. The Morgan fingerprint density at radius 1 is 1.06 bits per heavy atom. The zero-order valence-corrected chi connectivity index (χ0v) is 11.4. The molecule has 0 heterocycles. The molecule has 0 bridgehead atoms. The largest absolute Gasteiger partial charge is 0.494 e. The number of benzene rings is 1. The van der Waals surface area contributed by atoms with E-state index in [0.29, 0.717) is 36.9 Å². The minimum atomic E-state index is -0.362. The van der Waals surface area contributed by atoms with E-state index >= 15 is 0 Å². The zero-order chi connectivity index (χ0) is 13.5. The summed E-state index contributed by atoms with van der Waals surface area (Å²) >= 11 is 0. The van der Waals surface area contributed by atoms with Gasteiger partial charge in [-0.25, -0.2) is 4.79 Å². The summed E-state index contributed by atoms with van der Waals surface area (Å²) in [7, 11) is 1.91. The van der Waals surface area contributed by atoms with Crippen molar-refractivity contribution in [3.63, 3.8) is 0 Å². The second-order valence-corrected chi connectivity index (χ2v) is 3.68. The molecule has 0 aliphatic carbocycles. The molecular formula is C13H19BO4. The van der Waals surface area contributed by atoms with E-state index in [1.165, 1.54) is 0 Å². The van der Waals surface area contributed by atoms with Gasteiger partial charge in [0.25, 0.3) is 0 Å². The van der Waals surface area contributed by atoms with E-state index in [1.807, 2.05) is 21.7 Å². The van der Waals surface area contributed by atoms with Crippen molar-refractivity contribution < 1.29 is 19.0 Å². The van der Waals surface area contributed by atoms with Crippen LogP contribution in [0.25, 0.3) is 0 Å². The van der Waals surface area contributed by atoms with E-state index in [-0.39, 0.29) is 5.97 Å². The Balaban J connectivity index is 3.15. The second-order valence-electron chi connectivity index (χ2n) is 3.68. The number of esters is 1. The zero-order valence-electron chi connectivity index (χ0n) is 11.4. The summed E-state index contributed by atoms with van der Waals surface area (Å²) in [4.78, 5) is 11.7. The molecule has 1 rings (SSSR count). The van der Waals surface area contributed by atoms with Crippen molar-refractivity contribution in [2.45, 2.75) is 20.8 Å². The van der Waals surface area contributed by atoms with Crippen LogP contribution in [0.2, 0.25) is 0 Å². The summed E-state index contributed by atoms with van der Waals surface area (Å²) < 4.78 is 16.0. The number of hydrogen-bond acceptors (Lipinski definition) is 4. The molecule has 1 aromatic rings. The standard InChI is InChI=1S/C13H19BO4/c1-4-16-10-7-9(13(15)18-6-3)8-11(12(10)14)17-5-2/h7-8H,4-6,14H2,1-3H3. The molecule has 0 radical (unpaired) electrons. The van der Waals surface area contributed by atoms with Gasteiger partial charge in [0.15, 0.2) is 0 Å². The van der Waals surface area contributed by atoms with Crippen LogP contribution in [0.1, 0.15) is 31.1 Å². The normalized spacial score (nSPS) is 9.94. The summed E-state index contributed by atoms with van der Waals surface area (Å²) in [6.45, 7) is 7.00. The lowest BCUT2D eigenvalue weighted by Crippen LogP contribution is -2.16. The van der Waals surface area contributed by atoms with Gasteiger partial charge >= 0.3 is 5.97 Å². The van der Waals surface area contributed by atoms with Crippen molar-refractivity contribution in [2.24, 2.45) is 0 Å². The number of hydrogen-bond donors (Lipinski definition) is 0. The molecule has 0 atom stereocenters.